The second-order valence-corrected chi connectivity index (χ2v) is 10.2. The topological polar surface area (TPSA) is 56.8 Å². The van der Waals surface area contributed by atoms with Crippen molar-refractivity contribution in [1.29, 1.82) is 0 Å². The summed E-state index contributed by atoms with van der Waals surface area (Å²) in [5.74, 6) is 0.917. The number of nitrogens with one attached hydrogen (secondary N) is 2. The lowest BCUT2D eigenvalue weighted by molar-refractivity contribution is -0.137. The van der Waals surface area contributed by atoms with Gasteiger partial charge in [-0.05, 0) is 66.3 Å². The number of phenols is 1. The van der Waals surface area contributed by atoms with Crippen molar-refractivity contribution in [3.8, 4) is 11.5 Å². The summed E-state index contributed by atoms with van der Waals surface area (Å²) in [7, 11) is 0. The summed E-state index contributed by atoms with van der Waals surface area (Å²) in [5, 5.41) is 17.2. The zero-order chi connectivity index (χ0) is 28.0. The molecule has 1 fully saturated rings. The number of piperazine rings is 1. The predicted molar refractivity (Wildman–Crippen MR) is 150 cm³/mol. The normalized spacial score (nSPS) is 17.1. The summed E-state index contributed by atoms with van der Waals surface area (Å²) in [6.07, 6.45) is -3.61. The lowest BCUT2D eigenvalue weighted by atomic mass is 9.93. The minimum Gasteiger partial charge on any atom is -0.504 e. The lowest BCUT2D eigenvalue weighted by Crippen LogP contribution is -2.47. The Bertz CT molecular complexity index is 1240. The fraction of sp³-hybridized carbons (Fsp3) is 0.400. The van der Waals surface area contributed by atoms with Crippen molar-refractivity contribution in [2.45, 2.75) is 38.4 Å². The van der Waals surface area contributed by atoms with E-state index in [1.54, 1.807) is 6.07 Å². The number of phenolic OH excluding ortho intramolecular Hbond substituents is 1. The molecule has 39 heavy (non-hydrogen) atoms. The maximum absolute atomic E-state index is 13.2. The van der Waals surface area contributed by atoms with Crippen LogP contribution in [0.25, 0.3) is 0 Å². The molecule has 210 valence electrons. The Morgan fingerprint density at radius 1 is 1.15 bits per heavy atom. The third-order valence-electron chi connectivity index (χ3n) is 7.11. The summed E-state index contributed by atoms with van der Waals surface area (Å²) in [4.78, 5) is 2.17. The van der Waals surface area contributed by atoms with Crippen molar-refractivity contribution in [3.05, 3.63) is 87.9 Å². The zero-order valence-electron chi connectivity index (χ0n) is 22.2. The number of anilines is 1. The molecule has 3 aromatic carbocycles. The summed E-state index contributed by atoms with van der Waals surface area (Å²) in [6.45, 7) is 7.86. The van der Waals surface area contributed by atoms with Gasteiger partial charge in [0, 0.05) is 38.8 Å². The monoisotopic (exact) mass is 561 g/mol. The molecule has 3 aromatic rings. The Balaban J connectivity index is 1.32. The van der Waals surface area contributed by atoms with Crippen LogP contribution < -0.4 is 15.4 Å². The summed E-state index contributed by atoms with van der Waals surface area (Å²) < 4.78 is 45.6. The molecule has 3 N–H and O–H groups in total. The van der Waals surface area contributed by atoms with Crippen LogP contribution in [0.3, 0.4) is 0 Å². The van der Waals surface area contributed by atoms with Gasteiger partial charge in [0.25, 0.3) is 0 Å². The molecule has 0 radical (unpaired) electrons. The van der Waals surface area contributed by atoms with E-state index >= 15 is 0 Å². The van der Waals surface area contributed by atoms with Gasteiger partial charge in [-0.2, -0.15) is 13.2 Å². The minimum atomic E-state index is -4.36. The highest BCUT2D eigenvalue weighted by atomic mass is 35.5. The number of benzene rings is 3. The van der Waals surface area contributed by atoms with Crippen LogP contribution >= 0.6 is 11.6 Å². The van der Waals surface area contributed by atoms with Crippen molar-refractivity contribution in [3.63, 3.8) is 0 Å². The molecule has 0 aromatic heterocycles. The zero-order valence-corrected chi connectivity index (χ0v) is 22.9. The second-order valence-electron chi connectivity index (χ2n) is 9.87. The number of hydrogen-bond acceptors (Lipinski definition) is 5. The van der Waals surface area contributed by atoms with Gasteiger partial charge in [0.2, 0.25) is 0 Å². The Kier molecular flexibility index (Phi) is 9.64. The molecule has 0 amide bonds. The van der Waals surface area contributed by atoms with E-state index in [2.05, 4.69) is 22.5 Å². The van der Waals surface area contributed by atoms with Crippen molar-refractivity contribution in [2.75, 3.05) is 44.6 Å². The van der Waals surface area contributed by atoms with E-state index in [4.69, 9.17) is 16.3 Å². The molecule has 1 aliphatic heterocycles. The molecule has 2 unspecified atom stereocenters. The van der Waals surface area contributed by atoms with E-state index in [9.17, 15) is 18.3 Å². The van der Waals surface area contributed by atoms with Crippen LogP contribution in [0.5, 0.6) is 11.5 Å². The Morgan fingerprint density at radius 2 is 1.92 bits per heavy atom. The third-order valence-corrected chi connectivity index (χ3v) is 7.51. The van der Waals surface area contributed by atoms with E-state index in [-0.39, 0.29) is 17.7 Å². The van der Waals surface area contributed by atoms with Crippen molar-refractivity contribution >= 4 is 17.3 Å². The highest BCUT2D eigenvalue weighted by Gasteiger charge is 2.32. The SMILES string of the molecule is CCNc1ccc(C(C)Cc2ccc(OCCN3CCNCC3c3cccc(C(F)(F)F)c3)cc2)c(Cl)c1O. The van der Waals surface area contributed by atoms with Gasteiger partial charge < -0.3 is 20.5 Å². The maximum atomic E-state index is 13.2. The molecule has 1 aliphatic rings. The van der Waals surface area contributed by atoms with Gasteiger partial charge in [-0.3, -0.25) is 4.90 Å². The number of rotatable bonds is 10. The van der Waals surface area contributed by atoms with Gasteiger partial charge in [0.15, 0.2) is 5.75 Å². The van der Waals surface area contributed by atoms with Crippen molar-refractivity contribution in [1.82, 2.24) is 10.2 Å². The molecule has 4 rings (SSSR count). The number of hydrogen-bond donors (Lipinski definition) is 3. The number of ether oxygens (including phenoxy) is 1. The Morgan fingerprint density at radius 3 is 2.64 bits per heavy atom. The van der Waals surface area contributed by atoms with Gasteiger partial charge in [0.05, 0.1) is 16.3 Å². The van der Waals surface area contributed by atoms with Gasteiger partial charge in [-0.25, -0.2) is 0 Å². The standard InChI is InChI=1S/C30H35ClF3N3O2/c1-3-36-26-12-11-25(28(31)29(26)38)20(2)17-21-7-9-24(10-8-21)39-16-15-37-14-13-35-19-27(37)22-5-4-6-23(18-22)30(32,33)34/h4-12,18,20,27,35-36,38H,3,13-17,19H2,1-2H3. The van der Waals surface area contributed by atoms with Crippen LogP contribution in [0, 0.1) is 0 Å². The van der Waals surface area contributed by atoms with Crippen molar-refractivity contribution < 1.29 is 23.0 Å². The molecule has 0 saturated carbocycles. The number of nitrogens with zero attached hydrogens (tertiary/aromatic N) is 1. The average Bonchev–Trinajstić information content (AvgIpc) is 2.92. The van der Waals surface area contributed by atoms with E-state index in [0.29, 0.717) is 42.5 Å². The van der Waals surface area contributed by atoms with Crippen LogP contribution in [-0.4, -0.2) is 49.3 Å². The van der Waals surface area contributed by atoms with E-state index in [0.717, 1.165) is 42.5 Å². The van der Waals surface area contributed by atoms with E-state index in [1.165, 1.54) is 12.1 Å². The van der Waals surface area contributed by atoms with E-state index < -0.39 is 11.7 Å². The largest absolute Gasteiger partial charge is 0.504 e. The fourth-order valence-corrected chi connectivity index (χ4v) is 5.38. The first-order valence-electron chi connectivity index (χ1n) is 13.3. The minimum absolute atomic E-state index is 0.0754. The van der Waals surface area contributed by atoms with Gasteiger partial charge in [-0.15, -0.1) is 0 Å². The number of alkyl halides is 3. The molecule has 9 heteroatoms. The lowest BCUT2D eigenvalue weighted by Gasteiger charge is -2.36. The fourth-order valence-electron chi connectivity index (χ4n) is 5.02. The summed E-state index contributed by atoms with van der Waals surface area (Å²) >= 11 is 6.45. The van der Waals surface area contributed by atoms with Gasteiger partial charge in [-0.1, -0.05) is 48.9 Å². The third kappa shape index (κ3) is 7.38. The summed E-state index contributed by atoms with van der Waals surface area (Å²) in [5.41, 5.74) is 2.67. The second kappa shape index (κ2) is 12.9. The highest BCUT2D eigenvalue weighted by molar-refractivity contribution is 6.33. The molecule has 1 heterocycles. The first-order valence-corrected chi connectivity index (χ1v) is 13.6. The first kappa shape index (κ1) is 29.1. The first-order chi connectivity index (χ1) is 18.7. The quantitative estimate of drug-likeness (QED) is 0.236. The Hall–Kier alpha value is -2.94. The van der Waals surface area contributed by atoms with Gasteiger partial charge >= 0.3 is 6.18 Å². The molecule has 2 atom stereocenters. The molecule has 1 saturated heterocycles. The maximum Gasteiger partial charge on any atom is 0.416 e. The molecule has 0 bridgehead atoms. The molecular formula is C30H35ClF3N3O2. The molecule has 5 nitrogen and oxygen atoms in total. The van der Waals surface area contributed by atoms with Crippen LogP contribution in [0.4, 0.5) is 18.9 Å². The Labute approximate surface area is 232 Å². The molecule has 0 spiro atoms. The summed E-state index contributed by atoms with van der Waals surface area (Å²) in [6, 6.07) is 17.1. The van der Waals surface area contributed by atoms with Crippen molar-refractivity contribution in [2.24, 2.45) is 0 Å². The smallest absolute Gasteiger partial charge is 0.416 e. The number of aromatic hydroxyl groups is 1. The predicted octanol–water partition coefficient (Wildman–Crippen LogP) is 6.87. The van der Waals surface area contributed by atoms with Crippen LogP contribution in [0.1, 0.15) is 48.1 Å². The van der Waals surface area contributed by atoms with Crippen LogP contribution in [0.2, 0.25) is 5.02 Å². The van der Waals surface area contributed by atoms with Crippen LogP contribution in [0.15, 0.2) is 60.7 Å². The molecular weight excluding hydrogens is 527 g/mol. The number of halogens is 4. The highest BCUT2D eigenvalue weighted by Crippen LogP contribution is 2.39. The van der Waals surface area contributed by atoms with Gasteiger partial charge in [0.1, 0.15) is 12.4 Å². The average molecular weight is 562 g/mol. The van der Waals surface area contributed by atoms with E-state index in [1.807, 2.05) is 43.3 Å². The van der Waals surface area contributed by atoms with Crippen LogP contribution in [-0.2, 0) is 12.6 Å². The molecule has 0 aliphatic carbocycles.